The van der Waals surface area contributed by atoms with E-state index >= 15 is 0 Å². The van der Waals surface area contributed by atoms with Crippen LogP contribution in [0.25, 0.3) is 6.08 Å². The zero-order chi connectivity index (χ0) is 20.1. The van der Waals surface area contributed by atoms with E-state index in [-0.39, 0.29) is 24.8 Å². The lowest BCUT2D eigenvalue weighted by Crippen LogP contribution is -2.31. The molecule has 3 rings (SSSR count). The minimum absolute atomic E-state index is 0.156. The number of nitrogens with one attached hydrogen (secondary N) is 1. The fraction of sp³-hybridized carbons (Fsp3) is 0.190. The molecule has 1 aliphatic heterocycles. The SMILES string of the molecule is COc1ccccc1/C=C1\SC(=S)N(CCC(=O)Nc2ccccc2C)C1=O. The van der Waals surface area contributed by atoms with Crippen molar-refractivity contribution in [2.75, 3.05) is 19.0 Å². The van der Waals surface area contributed by atoms with Crippen molar-refractivity contribution in [1.29, 1.82) is 0 Å². The normalized spacial score (nSPS) is 15.2. The first-order valence-corrected chi connectivity index (χ1v) is 9.96. The van der Waals surface area contributed by atoms with Crippen LogP contribution < -0.4 is 10.1 Å². The Morgan fingerprint density at radius 1 is 1.21 bits per heavy atom. The van der Waals surface area contributed by atoms with Gasteiger partial charge in [-0.1, -0.05) is 60.4 Å². The predicted octanol–water partition coefficient (Wildman–Crippen LogP) is 4.23. The van der Waals surface area contributed by atoms with Gasteiger partial charge in [0.2, 0.25) is 5.91 Å². The molecule has 0 bridgehead atoms. The highest BCUT2D eigenvalue weighted by Gasteiger charge is 2.32. The van der Waals surface area contributed by atoms with Crippen LogP contribution in [0, 0.1) is 6.92 Å². The molecule has 0 aromatic heterocycles. The summed E-state index contributed by atoms with van der Waals surface area (Å²) in [6.45, 7) is 2.17. The molecule has 1 saturated heterocycles. The second-order valence-corrected chi connectivity index (χ2v) is 7.86. The van der Waals surface area contributed by atoms with Crippen molar-refractivity contribution >= 4 is 51.9 Å². The summed E-state index contributed by atoms with van der Waals surface area (Å²) < 4.78 is 5.78. The van der Waals surface area contributed by atoms with Crippen LogP contribution in [0.3, 0.4) is 0 Å². The van der Waals surface area contributed by atoms with E-state index in [1.54, 1.807) is 13.2 Å². The van der Waals surface area contributed by atoms with Gasteiger partial charge in [0.05, 0.1) is 12.0 Å². The van der Waals surface area contributed by atoms with Crippen LogP contribution in [-0.4, -0.2) is 34.7 Å². The quantitative estimate of drug-likeness (QED) is 0.568. The van der Waals surface area contributed by atoms with Crippen molar-refractivity contribution in [3.63, 3.8) is 0 Å². The number of para-hydroxylation sites is 2. The highest BCUT2D eigenvalue weighted by atomic mass is 32.2. The van der Waals surface area contributed by atoms with Gasteiger partial charge in [-0.15, -0.1) is 0 Å². The smallest absolute Gasteiger partial charge is 0.266 e. The fourth-order valence-corrected chi connectivity index (χ4v) is 4.06. The van der Waals surface area contributed by atoms with Gasteiger partial charge in [0.25, 0.3) is 5.91 Å². The van der Waals surface area contributed by atoms with Gasteiger partial charge >= 0.3 is 0 Å². The van der Waals surface area contributed by atoms with Gasteiger partial charge in [0.15, 0.2) is 0 Å². The lowest BCUT2D eigenvalue weighted by atomic mass is 10.2. The number of nitrogens with zero attached hydrogens (tertiary/aromatic N) is 1. The van der Waals surface area contributed by atoms with E-state index in [1.807, 2.05) is 55.5 Å². The van der Waals surface area contributed by atoms with Crippen LogP contribution in [-0.2, 0) is 9.59 Å². The number of thioether (sulfide) groups is 1. The van der Waals surface area contributed by atoms with E-state index in [0.717, 1.165) is 16.8 Å². The first-order chi connectivity index (χ1) is 13.5. The molecule has 2 amide bonds. The Hall–Kier alpha value is -2.64. The minimum atomic E-state index is -0.190. The van der Waals surface area contributed by atoms with Gasteiger partial charge in [-0.3, -0.25) is 14.5 Å². The predicted molar refractivity (Wildman–Crippen MR) is 117 cm³/mol. The molecule has 2 aromatic carbocycles. The third kappa shape index (κ3) is 4.61. The maximum absolute atomic E-state index is 12.7. The molecule has 2 aromatic rings. The monoisotopic (exact) mass is 412 g/mol. The van der Waals surface area contributed by atoms with Crippen molar-refractivity contribution in [2.24, 2.45) is 0 Å². The van der Waals surface area contributed by atoms with Gasteiger partial charge in [-0.25, -0.2) is 0 Å². The van der Waals surface area contributed by atoms with Crippen LogP contribution in [0.5, 0.6) is 5.75 Å². The summed E-state index contributed by atoms with van der Waals surface area (Å²) in [6.07, 6.45) is 1.94. The van der Waals surface area contributed by atoms with Crippen LogP contribution in [0.1, 0.15) is 17.5 Å². The van der Waals surface area contributed by atoms with E-state index in [1.165, 1.54) is 16.7 Å². The van der Waals surface area contributed by atoms with Gasteiger partial charge in [0, 0.05) is 24.2 Å². The Labute approximate surface area is 173 Å². The number of carbonyl (C=O) groups excluding carboxylic acids is 2. The van der Waals surface area contributed by atoms with Crippen molar-refractivity contribution in [3.8, 4) is 5.75 Å². The van der Waals surface area contributed by atoms with Gasteiger partial charge in [0.1, 0.15) is 10.1 Å². The highest BCUT2D eigenvalue weighted by Crippen LogP contribution is 2.34. The summed E-state index contributed by atoms with van der Waals surface area (Å²) >= 11 is 6.57. The zero-order valence-electron chi connectivity index (χ0n) is 15.6. The number of carbonyl (C=O) groups is 2. The molecule has 0 saturated carbocycles. The number of anilines is 1. The van der Waals surface area contributed by atoms with Crippen LogP contribution in [0.15, 0.2) is 53.4 Å². The van der Waals surface area contributed by atoms with Crippen molar-refractivity contribution in [1.82, 2.24) is 4.90 Å². The van der Waals surface area contributed by atoms with Crippen LogP contribution >= 0.6 is 24.0 Å². The number of ether oxygens (including phenoxy) is 1. The largest absolute Gasteiger partial charge is 0.496 e. The number of aryl methyl sites for hydroxylation is 1. The van der Waals surface area contributed by atoms with E-state index < -0.39 is 0 Å². The van der Waals surface area contributed by atoms with Gasteiger partial charge in [-0.2, -0.15) is 0 Å². The van der Waals surface area contributed by atoms with Gasteiger partial charge in [-0.05, 0) is 30.7 Å². The second kappa shape index (κ2) is 9.03. The number of hydrogen-bond donors (Lipinski definition) is 1. The van der Waals surface area contributed by atoms with Crippen LogP contribution in [0.4, 0.5) is 5.69 Å². The minimum Gasteiger partial charge on any atom is -0.496 e. The summed E-state index contributed by atoms with van der Waals surface area (Å²) in [5.41, 5.74) is 2.57. The molecule has 1 N–H and O–H groups in total. The second-order valence-electron chi connectivity index (χ2n) is 6.19. The molecule has 28 heavy (non-hydrogen) atoms. The molecule has 0 atom stereocenters. The average Bonchev–Trinajstić information content (AvgIpc) is 2.95. The number of hydrogen-bond acceptors (Lipinski definition) is 5. The summed E-state index contributed by atoms with van der Waals surface area (Å²) in [4.78, 5) is 27.0. The maximum Gasteiger partial charge on any atom is 0.266 e. The Kier molecular flexibility index (Phi) is 6.49. The lowest BCUT2D eigenvalue weighted by molar-refractivity contribution is -0.122. The molecule has 0 spiro atoms. The average molecular weight is 413 g/mol. The number of thiocarbonyl (C=S) groups is 1. The molecule has 0 radical (unpaired) electrons. The number of methoxy groups -OCH3 is 1. The van der Waals surface area contributed by atoms with Crippen LogP contribution in [0.2, 0.25) is 0 Å². The van der Waals surface area contributed by atoms with Gasteiger partial charge < -0.3 is 10.1 Å². The van der Waals surface area contributed by atoms with Crippen molar-refractivity contribution < 1.29 is 14.3 Å². The third-order valence-corrected chi connectivity index (χ3v) is 5.66. The fourth-order valence-electron chi connectivity index (χ4n) is 2.76. The molecule has 1 heterocycles. The molecular weight excluding hydrogens is 392 g/mol. The number of benzene rings is 2. The van der Waals surface area contributed by atoms with E-state index in [4.69, 9.17) is 17.0 Å². The summed E-state index contributed by atoms with van der Waals surface area (Å²) in [6, 6.07) is 15.0. The Morgan fingerprint density at radius 3 is 2.68 bits per heavy atom. The summed E-state index contributed by atoms with van der Waals surface area (Å²) in [5.74, 6) is 0.340. The van der Waals surface area contributed by atoms with Crippen molar-refractivity contribution in [3.05, 3.63) is 64.6 Å². The maximum atomic E-state index is 12.7. The molecule has 0 aliphatic carbocycles. The standard InChI is InChI=1S/C21H20N2O3S2/c1-14-7-3-5-9-16(14)22-19(24)11-12-23-20(25)18(28-21(23)27)13-15-8-4-6-10-17(15)26-2/h3-10,13H,11-12H2,1-2H3,(H,22,24)/b18-13-. The topological polar surface area (TPSA) is 58.6 Å². The molecule has 1 aliphatic rings. The van der Waals surface area contributed by atoms with Crippen molar-refractivity contribution in [2.45, 2.75) is 13.3 Å². The Balaban J connectivity index is 1.65. The Bertz CT molecular complexity index is 956. The zero-order valence-corrected chi connectivity index (χ0v) is 17.2. The number of amides is 2. The molecule has 144 valence electrons. The number of rotatable bonds is 6. The molecule has 1 fully saturated rings. The van der Waals surface area contributed by atoms with E-state index in [9.17, 15) is 9.59 Å². The first kappa shape index (κ1) is 20.1. The Morgan fingerprint density at radius 2 is 1.93 bits per heavy atom. The third-order valence-electron chi connectivity index (χ3n) is 4.28. The highest BCUT2D eigenvalue weighted by molar-refractivity contribution is 8.26. The first-order valence-electron chi connectivity index (χ1n) is 8.73. The molecule has 0 unspecified atom stereocenters. The molecule has 7 heteroatoms. The van der Waals surface area contributed by atoms with E-state index in [0.29, 0.717) is 15.0 Å². The molecular formula is C21H20N2O3S2. The van der Waals surface area contributed by atoms with E-state index in [2.05, 4.69) is 5.32 Å². The summed E-state index contributed by atoms with van der Waals surface area (Å²) in [7, 11) is 1.59. The molecule has 5 nitrogen and oxygen atoms in total. The summed E-state index contributed by atoms with van der Waals surface area (Å²) in [5, 5.41) is 2.87. The lowest BCUT2D eigenvalue weighted by Gasteiger charge is -2.14.